The zero-order chi connectivity index (χ0) is 11.4. The molecular formula is C9H20O2S4. The molecule has 0 aliphatic carbocycles. The number of thiol groups is 1. The molecule has 0 radical (unpaired) electrons. The van der Waals surface area contributed by atoms with Crippen LogP contribution < -0.4 is 0 Å². The van der Waals surface area contributed by atoms with E-state index in [4.69, 9.17) is 5.11 Å². The minimum atomic E-state index is -0.261. The van der Waals surface area contributed by atoms with Crippen LogP contribution in [-0.4, -0.2) is 63.2 Å². The molecule has 15 heavy (non-hydrogen) atoms. The fourth-order valence-corrected chi connectivity index (χ4v) is 4.06. The summed E-state index contributed by atoms with van der Waals surface area (Å²) in [6, 6.07) is 0. The van der Waals surface area contributed by atoms with Gasteiger partial charge in [-0.15, -0.1) is 0 Å². The van der Waals surface area contributed by atoms with E-state index in [-0.39, 0.29) is 12.7 Å². The van der Waals surface area contributed by atoms with Crippen LogP contribution in [0.4, 0.5) is 0 Å². The summed E-state index contributed by atoms with van der Waals surface area (Å²) in [6.45, 7) is 0.285. The first-order valence-electron chi connectivity index (χ1n) is 4.94. The lowest BCUT2D eigenvalue weighted by Crippen LogP contribution is -2.11. The molecule has 0 aliphatic heterocycles. The summed E-state index contributed by atoms with van der Waals surface area (Å²) in [5, 5.41) is 17.8. The zero-order valence-electron chi connectivity index (χ0n) is 8.80. The van der Waals surface area contributed by atoms with Gasteiger partial charge in [-0.3, -0.25) is 0 Å². The molecule has 2 N–H and O–H groups in total. The third kappa shape index (κ3) is 13.3. The minimum absolute atomic E-state index is 0.261. The van der Waals surface area contributed by atoms with Gasteiger partial charge in [0.2, 0.25) is 0 Å². The van der Waals surface area contributed by atoms with Gasteiger partial charge >= 0.3 is 0 Å². The van der Waals surface area contributed by atoms with E-state index in [1.165, 1.54) is 0 Å². The Bertz CT molecular complexity index is 127. The minimum Gasteiger partial charge on any atom is -0.396 e. The SMILES string of the molecule is OCCSCCSCCSCC(O)CS. The normalized spacial score (nSPS) is 13.0. The van der Waals surface area contributed by atoms with Crippen LogP contribution >= 0.6 is 47.9 Å². The van der Waals surface area contributed by atoms with Crippen LogP contribution in [0, 0.1) is 0 Å². The molecule has 92 valence electrons. The Morgan fingerprint density at radius 3 is 2.00 bits per heavy atom. The van der Waals surface area contributed by atoms with Crippen LogP contribution in [0.5, 0.6) is 0 Å². The molecule has 0 aliphatic rings. The van der Waals surface area contributed by atoms with Crippen molar-refractivity contribution < 1.29 is 10.2 Å². The Hall–Kier alpha value is 1.32. The first-order chi connectivity index (χ1) is 7.31. The smallest absolute Gasteiger partial charge is 0.0718 e. The van der Waals surface area contributed by atoms with Crippen molar-refractivity contribution in [3.05, 3.63) is 0 Å². The first kappa shape index (κ1) is 16.3. The lowest BCUT2D eigenvalue weighted by atomic mass is 10.5. The second-order valence-electron chi connectivity index (χ2n) is 2.86. The number of aliphatic hydroxyl groups is 2. The molecule has 1 atom stereocenters. The highest BCUT2D eigenvalue weighted by atomic mass is 32.2. The monoisotopic (exact) mass is 288 g/mol. The molecule has 0 saturated heterocycles. The number of thioether (sulfide) groups is 3. The van der Waals surface area contributed by atoms with Gasteiger partial charge in [-0.25, -0.2) is 0 Å². The van der Waals surface area contributed by atoms with Gasteiger partial charge in [-0.1, -0.05) is 0 Å². The van der Waals surface area contributed by atoms with Gasteiger partial charge < -0.3 is 10.2 Å². The van der Waals surface area contributed by atoms with Crippen LogP contribution in [0.1, 0.15) is 0 Å². The van der Waals surface area contributed by atoms with E-state index in [1.807, 2.05) is 11.8 Å². The predicted octanol–water partition coefficient (Wildman–Crippen LogP) is 1.47. The maximum absolute atomic E-state index is 9.23. The molecule has 0 fully saturated rings. The Morgan fingerprint density at radius 2 is 1.47 bits per heavy atom. The van der Waals surface area contributed by atoms with Crippen LogP contribution in [0.25, 0.3) is 0 Å². The fraction of sp³-hybridized carbons (Fsp3) is 1.00. The summed E-state index contributed by atoms with van der Waals surface area (Å²) in [5.41, 5.74) is 0. The van der Waals surface area contributed by atoms with E-state index in [2.05, 4.69) is 12.6 Å². The van der Waals surface area contributed by atoms with Crippen molar-refractivity contribution in [2.45, 2.75) is 6.10 Å². The van der Waals surface area contributed by atoms with Crippen LogP contribution in [-0.2, 0) is 0 Å². The number of aliphatic hydroxyl groups excluding tert-OH is 2. The standard InChI is InChI=1S/C9H20O2S4/c10-1-2-13-3-4-14-5-6-15-8-9(11)7-12/h9-12H,1-8H2. The van der Waals surface area contributed by atoms with Crippen LogP contribution in [0.2, 0.25) is 0 Å². The highest BCUT2D eigenvalue weighted by Crippen LogP contribution is 2.11. The molecule has 0 rings (SSSR count). The van der Waals surface area contributed by atoms with E-state index in [0.29, 0.717) is 5.75 Å². The summed E-state index contributed by atoms with van der Waals surface area (Å²) < 4.78 is 0. The Kier molecular flexibility index (Phi) is 14.6. The van der Waals surface area contributed by atoms with Gasteiger partial charge in [0, 0.05) is 40.3 Å². The van der Waals surface area contributed by atoms with E-state index in [0.717, 1.165) is 34.5 Å². The maximum atomic E-state index is 9.23. The van der Waals surface area contributed by atoms with Crippen molar-refractivity contribution in [1.82, 2.24) is 0 Å². The van der Waals surface area contributed by atoms with E-state index in [9.17, 15) is 5.11 Å². The predicted molar refractivity (Wildman–Crippen MR) is 78.9 cm³/mol. The Morgan fingerprint density at radius 1 is 0.933 bits per heavy atom. The summed E-state index contributed by atoms with van der Waals surface area (Å²) >= 11 is 9.54. The van der Waals surface area contributed by atoms with Gasteiger partial charge in [0.15, 0.2) is 0 Å². The van der Waals surface area contributed by atoms with Crippen LogP contribution in [0.3, 0.4) is 0 Å². The van der Waals surface area contributed by atoms with Crippen molar-refractivity contribution in [2.24, 2.45) is 0 Å². The largest absolute Gasteiger partial charge is 0.396 e. The van der Waals surface area contributed by atoms with Crippen molar-refractivity contribution >= 4 is 47.9 Å². The molecule has 1 unspecified atom stereocenters. The highest BCUT2D eigenvalue weighted by molar-refractivity contribution is 8.04. The molecule has 0 spiro atoms. The lowest BCUT2D eigenvalue weighted by Gasteiger charge is -2.06. The van der Waals surface area contributed by atoms with E-state index < -0.39 is 0 Å². The van der Waals surface area contributed by atoms with Gasteiger partial charge in [-0.05, 0) is 0 Å². The molecule has 6 heteroatoms. The third-order valence-electron chi connectivity index (χ3n) is 1.50. The van der Waals surface area contributed by atoms with Gasteiger partial charge in [0.25, 0.3) is 0 Å². The fourth-order valence-electron chi connectivity index (χ4n) is 0.776. The molecule has 2 nitrogen and oxygen atoms in total. The first-order valence-corrected chi connectivity index (χ1v) is 9.04. The number of rotatable bonds is 11. The van der Waals surface area contributed by atoms with Crippen molar-refractivity contribution in [3.8, 4) is 0 Å². The Balaban J connectivity index is 2.92. The van der Waals surface area contributed by atoms with E-state index in [1.54, 1.807) is 23.5 Å². The Labute approximate surface area is 111 Å². The van der Waals surface area contributed by atoms with E-state index >= 15 is 0 Å². The molecule has 0 bridgehead atoms. The molecule has 0 saturated carbocycles. The van der Waals surface area contributed by atoms with Gasteiger partial charge in [0.05, 0.1) is 12.7 Å². The zero-order valence-corrected chi connectivity index (χ0v) is 12.1. The molecule has 0 aromatic rings. The summed E-state index contributed by atoms with van der Waals surface area (Å²) in [4.78, 5) is 0. The van der Waals surface area contributed by atoms with Crippen molar-refractivity contribution in [2.75, 3.05) is 46.9 Å². The second kappa shape index (κ2) is 13.4. The van der Waals surface area contributed by atoms with Crippen LogP contribution in [0.15, 0.2) is 0 Å². The molecular weight excluding hydrogens is 268 g/mol. The summed E-state index contributed by atoms with van der Waals surface area (Å²) in [6.07, 6.45) is -0.261. The average molecular weight is 289 g/mol. The lowest BCUT2D eigenvalue weighted by molar-refractivity contribution is 0.225. The second-order valence-corrected chi connectivity index (χ2v) is 6.82. The van der Waals surface area contributed by atoms with Crippen molar-refractivity contribution in [1.29, 1.82) is 0 Å². The van der Waals surface area contributed by atoms with Gasteiger partial charge in [0.1, 0.15) is 0 Å². The quantitative estimate of drug-likeness (QED) is 0.397. The van der Waals surface area contributed by atoms with Gasteiger partial charge in [-0.2, -0.15) is 47.9 Å². The number of hydrogen-bond acceptors (Lipinski definition) is 6. The molecule has 0 aromatic heterocycles. The average Bonchev–Trinajstić information content (AvgIpc) is 2.26. The third-order valence-corrected chi connectivity index (χ3v) is 5.50. The van der Waals surface area contributed by atoms with Crippen molar-refractivity contribution in [3.63, 3.8) is 0 Å². The molecule has 0 aromatic carbocycles. The summed E-state index contributed by atoms with van der Waals surface area (Å²) in [7, 11) is 0. The topological polar surface area (TPSA) is 40.5 Å². The molecule has 0 heterocycles. The summed E-state index contributed by atoms with van der Waals surface area (Å²) in [5.74, 6) is 6.71. The highest BCUT2D eigenvalue weighted by Gasteiger charge is 2.00. The maximum Gasteiger partial charge on any atom is 0.0718 e. The molecule has 0 amide bonds. The number of hydrogen-bond donors (Lipinski definition) is 3.